The number of thiazole rings is 1. The quantitative estimate of drug-likeness (QED) is 0.892. The van der Waals surface area contributed by atoms with Crippen molar-refractivity contribution in [2.45, 2.75) is 25.7 Å². The molecule has 22 heavy (non-hydrogen) atoms. The van der Waals surface area contributed by atoms with Gasteiger partial charge in [0, 0.05) is 5.38 Å². The van der Waals surface area contributed by atoms with Gasteiger partial charge in [-0.3, -0.25) is 9.59 Å². The molecule has 1 amide bonds. The van der Waals surface area contributed by atoms with E-state index in [2.05, 4.69) is 10.3 Å². The van der Waals surface area contributed by atoms with E-state index >= 15 is 0 Å². The van der Waals surface area contributed by atoms with Crippen LogP contribution >= 0.6 is 22.7 Å². The molecule has 7 heteroatoms. The highest BCUT2D eigenvalue weighted by Crippen LogP contribution is 2.33. The molecule has 2 N–H and O–H groups in total. The Bertz CT molecular complexity index is 666. The molecule has 0 unspecified atom stereocenters. The number of thiophene rings is 1. The number of rotatable bonds is 4. The number of aliphatic carboxylic acids is 1. The number of carboxylic acid groups (broad SMARTS) is 1. The van der Waals surface area contributed by atoms with Gasteiger partial charge < -0.3 is 10.4 Å². The van der Waals surface area contributed by atoms with Crippen LogP contribution in [0.3, 0.4) is 0 Å². The molecular formula is C15H16N2O3S2. The molecule has 3 rings (SSSR count). The molecule has 2 atom stereocenters. The first-order chi connectivity index (χ1) is 10.6. The summed E-state index contributed by atoms with van der Waals surface area (Å²) in [5.74, 6) is -2.14. The van der Waals surface area contributed by atoms with Crippen molar-refractivity contribution < 1.29 is 14.7 Å². The van der Waals surface area contributed by atoms with Crippen molar-refractivity contribution in [3.8, 4) is 10.6 Å². The van der Waals surface area contributed by atoms with Gasteiger partial charge >= 0.3 is 5.97 Å². The van der Waals surface area contributed by atoms with Gasteiger partial charge in [-0.1, -0.05) is 18.9 Å². The lowest BCUT2D eigenvalue weighted by Crippen LogP contribution is -2.36. The average Bonchev–Trinajstić information content (AvgIpc) is 3.17. The molecule has 0 saturated heterocycles. The number of aromatic nitrogens is 1. The largest absolute Gasteiger partial charge is 0.481 e. The van der Waals surface area contributed by atoms with E-state index in [1.165, 1.54) is 11.3 Å². The topological polar surface area (TPSA) is 79.3 Å². The fraction of sp³-hybridized carbons (Fsp3) is 0.400. The molecule has 2 heterocycles. The van der Waals surface area contributed by atoms with Crippen molar-refractivity contribution in [1.82, 2.24) is 4.98 Å². The fourth-order valence-corrected chi connectivity index (χ4v) is 4.28. The van der Waals surface area contributed by atoms with Crippen molar-refractivity contribution in [2.75, 3.05) is 5.32 Å². The van der Waals surface area contributed by atoms with Crippen LogP contribution in [0.15, 0.2) is 22.9 Å². The first kappa shape index (κ1) is 15.2. The SMILES string of the molecule is O=C(Nc1nc(-c2cccs2)cs1)[C@H]1CCCC[C@H]1C(=O)O. The van der Waals surface area contributed by atoms with Gasteiger partial charge in [-0.05, 0) is 24.3 Å². The summed E-state index contributed by atoms with van der Waals surface area (Å²) in [6.07, 6.45) is 2.98. The second kappa shape index (κ2) is 6.58. The van der Waals surface area contributed by atoms with Gasteiger partial charge in [-0.2, -0.15) is 0 Å². The molecule has 1 saturated carbocycles. The van der Waals surface area contributed by atoms with E-state index < -0.39 is 17.8 Å². The molecule has 1 aliphatic rings. The Kier molecular flexibility index (Phi) is 4.54. The second-order valence-electron chi connectivity index (χ2n) is 5.34. The first-order valence-electron chi connectivity index (χ1n) is 7.18. The number of carbonyl (C=O) groups is 2. The first-order valence-corrected chi connectivity index (χ1v) is 8.94. The van der Waals surface area contributed by atoms with E-state index in [-0.39, 0.29) is 5.91 Å². The van der Waals surface area contributed by atoms with Crippen LogP contribution in [0.25, 0.3) is 10.6 Å². The van der Waals surface area contributed by atoms with Gasteiger partial charge in [0.2, 0.25) is 5.91 Å². The Morgan fingerprint density at radius 1 is 1.23 bits per heavy atom. The van der Waals surface area contributed by atoms with E-state index in [4.69, 9.17) is 0 Å². The number of nitrogens with zero attached hydrogens (tertiary/aromatic N) is 1. The lowest BCUT2D eigenvalue weighted by Gasteiger charge is -2.26. The van der Waals surface area contributed by atoms with Gasteiger partial charge in [0.05, 0.1) is 22.4 Å². The summed E-state index contributed by atoms with van der Waals surface area (Å²) < 4.78 is 0. The summed E-state index contributed by atoms with van der Waals surface area (Å²) in [5, 5.41) is 16.5. The highest BCUT2D eigenvalue weighted by Gasteiger charge is 2.35. The smallest absolute Gasteiger partial charge is 0.307 e. The minimum atomic E-state index is -0.877. The van der Waals surface area contributed by atoms with Crippen LogP contribution in [0, 0.1) is 11.8 Å². The van der Waals surface area contributed by atoms with Gasteiger partial charge in [-0.15, -0.1) is 22.7 Å². The molecule has 1 fully saturated rings. The molecule has 5 nitrogen and oxygen atoms in total. The van der Waals surface area contributed by atoms with Crippen LogP contribution in [0.2, 0.25) is 0 Å². The van der Waals surface area contributed by atoms with Gasteiger partial charge in [0.15, 0.2) is 5.13 Å². The number of carbonyl (C=O) groups excluding carboxylic acids is 1. The van der Waals surface area contributed by atoms with Crippen LogP contribution in [0.4, 0.5) is 5.13 Å². The molecule has 0 aromatic carbocycles. The molecule has 116 valence electrons. The maximum absolute atomic E-state index is 12.4. The summed E-state index contributed by atoms with van der Waals surface area (Å²) in [6.45, 7) is 0. The molecule has 0 bridgehead atoms. The number of amides is 1. The van der Waals surface area contributed by atoms with E-state index in [0.29, 0.717) is 18.0 Å². The van der Waals surface area contributed by atoms with Crippen molar-refractivity contribution >= 4 is 39.7 Å². The maximum atomic E-state index is 12.4. The van der Waals surface area contributed by atoms with E-state index in [9.17, 15) is 14.7 Å². The Labute approximate surface area is 136 Å². The molecule has 0 aliphatic heterocycles. The maximum Gasteiger partial charge on any atom is 0.307 e. The summed E-state index contributed by atoms with van der Waals surface area (Å²) in [7, 11) is 0. The summed E-state index contributed by atoms with van der Waals surface area (Å²) in [4.78, 5) is 29.1. The van der Waals surface area contributed by atoms with Gasteiger partial charge in [-0.25, -0.2) is 4.98 Å². The monoisotopic (exact) mass is 336 g/mol. The van der Waals surface area contributed by atoms with Crippen molar-refractivity contribution in [2.24, 2.45) is 11.8 Å². The zero-order valence-electron chi connectivity index (χ0n) is 11.8. The fourth-order valence-electron chi connectivity index (χ4n) is 2.81. The molecule has 0 radical (unpaired) electrons. The third kappa shape index (κ3) is 3.20. The van der Waals surface area contributed by atoms with Crippen LogP contribution in [-0.2, 0) is 9.59 Å². The lowest BCUT2D eigenvalue weighted by molar-refractivity contribution is -0.147. The molecule has 2 aromatic heterocycles. The lowest BCUT2D eigenvalue weighted by atomic mass is 9.79. The highest BCUT2D eigenvalue weighted by atomic mass is 32.1. The Morgan fingerprint density at radius 2 is 2.00 bits per heavy atom. The third-order valence-corrected chi connectivity index (χ3v) is 5.58. The average molecular weight is 336 g/mol. The van der Waals surface area contributed by atoms with Gasteiger partial charge in [0.25, 0.3) is 0 Å². The van der Waals surface area contributed by atoms with Crippen LogP contribution in [0.5, 0.6) is 0 Å². The zero-order valence-corrected chi connectivity index (χ0v) is 13.5. The Balaban J connectivity index is 1.70. The molecule has 2 aromatic rings. The number of carboxylic acids is 1. The van der Waals surface area contributed by atoms with E-state index in [0.717, 1.165) is 23.4 Å². The van der Waals surface area contributed by atoms with E-state index in [1.807, 2.05) is 22.9 Å². The standard InChI is InChI=1S/C15H16N2O3S2/c18-13(9-4-1-2-5-10(9)14(19)20)17-15-16-11(8-22-15)12-6-3-7-21-12/h3,6-10H,1-2,4-5H2,(H,19,20)(H,16,17,18)/t9-,10+/m0/s1. The minimum Gasteiger partial charge on any atom is -0.481 e. The van der Waals surface area contributed by atoms with Crippen molar-refractivity contribution in [1.29, 1.82) is 0 Å². The Morgan fingerprint density at radius 3 is 2.68 bits per heavy atom. The van der Waals surface area contributed by atoms with E-state index in [1.54, 1.807) is 11.3 Å². The normalized spacial score (nSPS) is 21.5. The second-order valence-corrected chi connectivity index (χ2v) is 7.15. The van der Waals surface area contributed by atoms with Gasteiger partial charge in [0.1, 0.15) is 0 Å². The van der Waals surface area contributed by atoms with Crippen molar-refractivity contribution in [3.63, 3.8) is 0 Å². The molecule has 1 aliphatic carbocycles. The summed E-state index contributed by atoms with van der Waals surface area (Å²) in [6, 6.07) is 3.93. The molecule has 0 spiro atoms. The predicted octanol–water partition coefficient (Wildman–Crippen LogP) is 3.70. The number of nitrogens with one attached hydrogen (secondary N) is 1. The zero-order chi connectivity index (χ0) is 15.5. The van der Waals surface area contributed by atoms with Crippen LogP contribution < -0.4 is 5.32 Å². The van der Waals surface area contributed by atoms with Crippen LogP contribution in [-0.4, -0.2) is 22.0 Å². The number of hydrogen-bond acceptors (Lipinski definition) is 5. The number of hydrogen-bond donors (Lipinski definition) is 2. The Hall–Kier alpha value is -1.73. The minimum absolute atomic E-state index is 0.223. The number of anilines is 1. The predicted molar refractivity (Wildman–Crippen MR) is 87.1 cm³/mol. The summed E-state index contributed by atoms with van der Waals surface area (Å²) in [5.41, 5.74) is 0.841. The molecular weight excluding hydrogens is 320 g/mol. The summed E-state index contributed by atoms with van der Waals surface area (Å²) >= 11 is 2.96. The van der Waals surface area contributed by atoms with Crippen LogP contribution in [0.1, 0.15) is 25.7 Å². The highest BCUT2D eigenvalue weighted by molar-refractivity contribution is 7.16. The third-order valence-electron chi connectivity index (χ3n) is 3.93. The van der Waals surface area contributed by atoms with Crippen molar-refractivity contribution in [3.05, 3.63) is 22.9 Å².